The minimum Gasteiger partial charge on any atom is -0.478 e. The van der Waals surface area contributed by atoms with Gasteiger partial charge in [0.25, 0.3) is 5.56 Å². The van der Waals surface area contributed by atoms with E-state index in [1.54, 1.807) is 29.2 Å². The number of aliphatic carboxylic acids is 1. The summed E-state index contributed by atoms with van der Waals surface area (Å²) in [5.41, 5.74) is 1.24. The largest absolute Gasteiger partial charge is 0.478 e. The summed E-state index contributed by atoms with van der Waals surface area (Å²) in [6.07, 6.45) is 7.63. The van der Waals surface area contributed by atoms with E-state index in [0.717, 1.165) is 16.5 Å². The quantitative estimate of drug-likeness (QED) is 0.744. The number of carboxylic acid groups (broad SMARTS) is 1. The second-order valence-electron chi connectivity index (χ2n) is 4.41. The highest BCUT2D eigenvalue weighted by atomic mass is 32.1. The number of aromatic nitrogens is 3. The summed E-state index contributed by atoms with van der Waals surface area (Å²) in [4.78, 5) is 23.7. The van der Waals surface area contributed by atoms with E-state index in [1.807, 2.05) is 11.4 Å². The third-order valence-corrected chi connectivity index (χ3v) is 3.90. The number of rotatable bonds is 4. The minimum atomic E-state index is -0.981. The summed E-state index contributed by atoms with van der Waals surface area (Å²) in [5.74, 6) is -0.981. The number of nitrogens with zero attached hydrogens (tertiary/aromatic N) is 3. The van der Waals surface area contributed by atoms with Crippen LogP contribution in [0.1, 0.15) is 10.4 Å². The lowest BCUT2D eigenvalue weighted by atomic mass is 10.3. The van der Waals surface area contributed by atoms with Gasteiger partial charge in [-0.1, -0.05) is 0 Å². The number of carbonyl (C=O) groups is 1. The number of hydrogen-bond donors (Lipinski definition) is 1. The Morgan fingerprint density at radius 2 is 2.29 bits per heavy atom. The molecule has 0 aromatic carbocycles. The maximum absolute atomic E-state index is 12.2. The maximum Gasteiger partial charge on any atom is 0.328 e. The van der Waals surface area contributed by atoms with Crippen molar-refractivity contribution in [2.24, 2.45) is 0 Å². The van der Waals surface area contributed by atoms with Crippen LogP contribution in [0.3, 0.4) is 0 Å². The van der Waals surface area contributed by atoms with Crippen LogP contribution >= 0.6 is 11.3 Å². The smallest absolute Gasteiger partial charge is 0.328 e. The average Bonchev–Trinajstić information content (AvgIpc) is 3.09. The van der Waals surface area contributed by atoms with Gasteiger partial charge < -0.3 is 9.67 Å². The van der Waals surface area contributed by atoms with Crippen molar-refractivity contribution in [3.8, 4) is 0 Å². The van der Waals surface area contributed by atoms with Crippen molar-refractivity contribution in [1.29, 1.82) is 0 Å². The van der Waals surface area contributed by atoms with Gasteiger partial charge in [0.15, 0.2) is 0 Å². The fourth-order valence-corrected chi connectivity index (χ4v) is 2.84. The van der Waals surface area contributed by atoms with Gasteiger partial charge in [0.05, 0.1) is 12.7 Å². The molecule has 0 radical (unpaired) electrons. The fraction of sp³-hybridized carbons (Fsp3) is 0.0714. The molecule has 7 heteroatoms. The highest BCUT2D eigenvalue weighted by molar-refractivity contribution is 7.10. The van der Waals surface area contributed by atoms with E-state index in [9.17, 15) is 9.59 Å². The van der Waals surface area contributed by atoms with Gasteiger partial charge in [-0.05, 0) is 29.2 Å². The third kappa shape index (κ3) is 2.77. The molecule has 21 heavy (non-hydrogen) atoms. The zero-order valence-corrected chi connectivity index (χ0v) is 11.7. The van der Waals surface area contributed by atoms with Crippen molar-refractivity contribution >= 4 is 28.9 Å². The SMILES string of the molecule is O=C(O)/C=C/c1csc(Cn2ccn3nccc3c2=O)c1. The molecule has 0 atom stereocenters. The normalized spacial score (nSPS) is 11.4. The van der Waals surface area contributed by atoms with Crippen molar-refractivity contribution in [1.82, 2.24) is 14.2 Å². The molecular formula is C14H11N3O3S. The van der Waals surface area contributed by atoms with Crippen LogP contribution in [-0.2, 0) is 11.3 Å². The topological polar surface area (TPSA) is 76.6 Å². The second kappa shape index (κ2) is 5.37. The van der Waals surface area contributed by atoms with Crippen LogP contribution in [0, 0.1) is 0 Å². The van der Waals surface area contributed by atoms with Crippen LogP contribution < -0.4 is 5.56 Å². The van der Waals surface area contributed by atoms with Crippen molar-refractivity contribution in [3.05, 3.63) is 63.0 Å². The van der Waals surface area contributed by atoms with Crippen molar-refractivity contribution in [3.63, 3.8) is 0 Å². The molecule has 0 aliphatic heterocycles. The zero-order chi connectivity index (χ0) is 14.8. The van der Waals surface area contributed by atoms with Crippen molar-refractivity contribution in [2.45, 2.75) is 6.54 Å². The molecule has 1 N–H and O–H groups in total. The highest BCUT2D eigenvalue weighted by Gasteiger charge is 2.05. The Hall–Kier alpha value is -2.67. The minimum absolute atomic E-state index is 0.106. The molecular weight excluding hydrogens is 290 g/mol. The van der Waals surface area contributed by atoms with Gasteiger partial charge in [0, 0.05) is 23.3 Å². The fourth-order valence-electron chi connectivity index (χ4n) is 1.99. The van der Waals surface area contributed by atoms with Gasteiger partial charge in [0.2, 0.25) is 0 Å². The van der Waals surface area contributed by atoms with E-state index < -0.39 is 5.97 Å². The molecule has 3 heterocycles. The summed E-state index contributed by atoms with van der Waals surface area (Å²) in [6, 6.07) is 3.55. The Balaban J connectivity index is 1.87. The van der Waals surface area contributed by atoms with Gasteiger partial charge in [-0.25, -0.2) is 9.31 Å². The molecule has 6 nitrogen and oxygen atoms in total. The lowest BCUT2D eigenvalue weighted by molar-refractivity contribution is -0.131. The lowest BCUT2D eigenvalue weighted by Crippen LogP contribution is -2.21. The molecule has 0 aliphatic carbocycles. The Bertz CT molecular complexity index is 888. The van der Waals surface area contributed by atoms with Crippen LogP contribution in [0.25, 0.3) is 11.6 Å². The number of carboxylic acids is 1. The van der Waals surface area contributed by atoms with Crippen molar-refractivity contribution in [2.75, 3.05) is 0 Å². The molecule has 0 bridgehead atoms. The van der Waals surface area contributed by atoms with Gasteiger partial charge in [-0.2, -0.15) is 5.10 Å². The summed E-state index contributed by atoms with van der Waals surface area (Å²) in [5, 5.41) is 14.5. The van der Waals surface area contributed by atoms with Crippen molar-refractivity contribution < 1.29 is 9.90 Å². The molecule has 106 valence electrons. The molecule has 0 amide bonds. The van der Waals surface area contributed by atoms with Crippen LogP contribution in [-0.4, -0.2) is 25.3 Å². The Morgan fingerprint density at radius 3 is 3.10 bits per heavy atom. The Kier molecular flexibility index (Phi) is 3.41. The molecule has 3 aromatic heterocycles. The van der Waals surface area contributed by atoms with Crippen LogP contribution in [0.2, 0.25) is 0 Å². The summed E-state index contributed by atoms with van der Waals surface area (Å²) in [7, 11) is 0. The van der Waals surface area contributed by atoms with E-state index in [0.29, 0.717) is 12.1 Å². The monoisotopic (exact) mass is 301 g/mol. The van der Waals surface area contributed by atoms with Crippen LogP contribution in [0.4, 0.5) is 0 Å². The predicted molar refractivity (Wildman–Crippen MR) is 79.5 cm³/mol. The van der Waals surface area contributed by atoms with Gasteiger partial charge in [0.1, 0.15) is 5.52 Å². The first-order valence-electron chi connectivity index (χ1n) is 6.15. The molecule has 0 aliphatic rings. The van der Waals surface area contributed by atoms with E-state index in [2.05, 4.69) is 5.10 Å². The van der Waals surface area contributed by atoms with Gasteiger partial charge >= 0.3 is 5.97 Å². The second-order valence-corrected chi connectivity index (χ2v) is 5.41. The summed E-state index contributed by atoms with van der Waals surface area (Å²) in [6.45, 7) is 0.450. The highest BCUT2D eigenvalue weighted by Crippen LogP contribution is 2.17. The first kappa shape index (κ1) is 13.3. The first-order chi connectivity index (χ1) is 10.1. The maximum atomic E-state index is 12.2. The number of thiophene rings is 1. The standard InChI is InChI=1S/C14H11N3O3S/c18-13(19)2-1-10-7-11(21-9-10)8-16-5-6-17-12(14(16)20)3-4-15-17/h1-7,9H,8H2,(H,18,19)/b2-1+. The lowest BCUT2D eigenvalue weighted by Gasteiger charge is -2.03. The molecule has 0 spiro atoms. The van der Waals surface area contributed by atoms with E-state index in [1.165, 1.54) is 21.9 Å². The Labute approximate surface area is 123 Å². The summed E-state index contributed by atoms with van der Waals surface area (Å²) >= 11 is 1.49. The number of fused-ring (bicyclic) bond motifs is 1. The Morgan fingerprint density at radius 1 is 1.43 bits per heavy atom. The molecule has 0 saturated carbocycles. The first-order valence-corrected chi connectivity index (χ1v) is 7.02. The summed E-state index contributed by atoms with van der Waals surface area (Å²) < 4.78 is 3.14. The number of hydrogen-bond acceptors (Lipinski definition) is 4. The molecule has 3 rings (SSSR count). The average molecular weight is 301 g/mol. The van der Waals surface area contributed by atoms with Gasteiger partial charge in [-0.15, -0.1) is 11.3 Å². The molecule has 0 unspecified atom stereocenters. The molecule has 0 fully saturated rings. The zero-order valence-electron chi connectivity index (χ0n) is 10.8. The van der Waals surface area contributed by atoms with E-state index >= 15 is 0 Å². The third-order valence-electron chi connectivity index (χ3n) is 2.96. The molecule has 3 aromatic rings. The van der Waals surface area contributed by atoms with Crippen LogP contribution in [0.15, 0.2) is 47.0 Å². The van der Waals surface area contributed by atoms with E-state index in [4.69, 9.17) is 5.11 Å². The molecule has 0 saturated heterocycles. The van der Waals surface area contributed by atoms with Gasteiger partial charge in [-0.3, -0.25) is 4.79 Å². The van der Waals surface area contributed by atoms with E-state index in [-0.39, 0.29) is 5.56 Å². The predicted octanol–water partition coefficient (Wildman–Crippen LogP) is 1.70. The van der Waals surface area contributed by atoms with Crippen LogP contribution in [0.5, 0.6) is 0 Å².